The Hall–Kier alpha value is -2.84. The van der Waals surface area contributed by atoms with Gasteiger partial charge in [-0.1, -0.05) is 11.6 Å². The highest BCUT2D eigenvalue weighted by Gasteiger charge is 2.30. The molecule has 0 spiro atoms. The molecule has 1 aliphatic carbocycles. The van der Waals surface area contributed by atoms with Gasteiger partial charge in [0.2, 0.25) is 10.0 Å². The minimum absolute atomic E-state index is 0.136. The van der Waals surface area contributed by atoms with Crippen LogP contribution < -0.4 is 19.5 Å². The molecule has 2 aromatic carbocycles. The van der Waals surface area contributed by atoms with E-state index in [1.807, 2.05) is 12.1 Å². The van der Waals surface area contributed by atoms with E-state index in [1.54, 1.807) is 32.4 Å². The predicted octanol–water partition coefficient (Wildman–Crippen LogP) is 3.50. The van der Waals surface area contributed by atoms with Gasteiger partial charge in [-0.05, 0) is 68.0 Å². The van der Waals surface area contributed by atoms with E-state index in [2.05, 4.69) is 10.0 Å². The summed E-state index contributed by atoms with van der Waals surface area (Å²) in [5.41, 5.74) is 4.05. The first kappa shape index (κ1) is 21.4. The minimum Gasteiger partial charge on any atom is -0.493 e. The normalized spacial score (nSPS) is 15.7. The average molecular weight is 443 g/mol. The van der Waals surface area contributed by atoms with Gasteiger partial charge in [-0.3, -0.25) is 4.79 Å². The molecule has 1 fully saturated rings. The predicted molar refractivity (Wildman–Crippen MR) is 119 cm³/mol. The van der Waals surface area contributed by atoms with E-state index in [-0.39, 0.29) is 17.3 Å². The van der Waals surface area contributed by atoms with Gasteiger partial charge in [0.25, 0.3) is 5.91 Å². The second kappa shape index (κ2) is 8.72. The van der Waals surface area contributed by atoms with Crippen LogP contribution in [0.15, 0.2) is 46.9 Å². The zero-order chi connectivity index (χ0) is 22.0. The molecule has 4 rings (SSSR count). The highest BCUT2D eigenvalue weighted by molar-refractivity contribution is 7.89. The topological polar surface area (TPSA) is 93.7 Å². The number of methoxy groups -OCH3 is 2. The molecule has 0 bridgehead atoms. The monoisotopic (exact) mass is 442 g/mol. The molecule has 2 aliphatic rings. The molecule has 0 unspecified atom stereocenters. The summed E-state index contributed by atoms with van der Waals surface area (Å²) in [6.45, 7) is 0.236. The van der Waals surface area contributed by atoms with E-state index in [9.17, 15) is 13.2 Å². The molecule has 1 amide bonds. The van der Waals surface area contributed by atoms with Gasteiger partial charge in [0.15, 0.2) is 11.5 Å². The molecule has 164 valence electrons. The zero-order valence-electron chi connectivity index (χ0n) is 17.7. The van der Waals surface area contributed by atoms with Gasteiger partial charge in [0.05, 0.1) is 19.1 Å². The van der Waals surface area contributed by atoms with Gasteiger partial charge in [0, 0.05) is 23.4 Å². The Morgan fingerprint density at radius 3 is 2.45 bits per heavy atom. The molecule has 8 heteroatoms. The Kier molecular flexibility index (Phi) is 6.02. The van der Waals surface area contributed by atoms with Crippen LogP contribution in [0.3, 0.4) is 0 Å². The number of fused-ring (bicyclic) bond motifs is 1. The van der Waals surface area contributed by atoms with E-state index >= 15 is 0 Å². The third-order valence-electron chi connectivity index (χ3n) is 5.76. The Morgan fingerprint density at radius 2 is 1.74 bits per heavy atom. The van der Waals surface area contributed by atoms with Gasteiger partial charge in [-0.15, -0.1) is 0 Å². The van der Waals surface area contributed by atoms with Crippen molar-refractivity contribution in [2.24, 2.45) is 0 Å². The summed E-state index contributed by atoms with van der Waals surface area (Å²) in [6.07, 6.45) is 4.42. The van der Waals surface area contributed by atoms with Crippen molar-refractivity contribution in [2.45, 2.75) is 37.0 Å². The number of anilines is 1. The standard InChI is InChI=1S/C23H26N2O5S/c1-29-20-10-7-15(13-21(20)30-2)11-12-24-31(27,28)17-8-9-19-18(14-17)22(23(26)25-19)16-5-3-4-6-16/h7-10,13-14,24H,3-6,11-12H2,1-2H3,(H,25,26). The van der Waals surface area contributed by atoms with Crippen LogP contribution in [0.2, 0.25) is 0 Å². The third kappa shape index (κ3) is 4.31. The molecular formula is C23H26N2O5S. The third-order valence-corrected chi connectivity index (χ3v) is 7.22. The molecule has 31 heavy (non-hydrogen) atoms. The summed E-state index contributed by atoms with van der Waals surface area (Å²) in [7, 11) is -0.581. The summed E-state index contributed by atoms with van der Waals surface area (Å²) < 4.78 is 38.9. The first-order chi connectivity index (χ1) is 14.9. The van der Waals surface area contributed by atoms with Gasteiger partial charge in [-0.2, -0.15) is 0 Å². The van der Waals surface area contributed by atoms with Crippen molar-refractivity contribution >= 4 is 27.2 Å². The molecule has 0 radical (unpaired) electrons. The van der Waals surface area contributed by atoms with Crippen LogP contribution in [0.4, 0.5) is 5.69 Å². The fraction of sp³-hybridized carbons (Fsp3) is 0.348. The smallest absolute Gasteiger partial charge is 0.256 e. The number of carbonyl (C=O) groups is 1. The van der Waals surface area contributed by atoms with Gasteiger partial charge in [-0.25, -0.2) is 13.1 Å². The quantitative estimate of drug-likeness (QED) is 0.640. The van der Waals surface area contributed by atoms with Crippen LogP contribution in [0.1, 0.15) is 36.8 Å². The Labute approximate surface area is 182 Å². The molecule has 0 atom stereocenters. The van der Waals surface area contributed by atoms with E-state index < -0.39 is 10.0 Å². The fourth-order valence-electron chi connectivity index (χ4n) is 4.17. The number of carbonyl (C=O) groups excluding carboxylic acids is 1. The average Bonchev–Trinajstić information content (AvgIpc) is 3.39. The number of allylic oxidation sites excluding steroid dienone is 1. The van der Waals surface area contributed by atoms with Crippen LogP contribution in [-0.2, 0) is 21.2 Å². The molecule has 0 aromatic heterocycles. The number of hydrogen-bond acceptors (Lipinski definition) is 5. The summed E-state index contributed by atoms with van der Waals surface area (Å²) in [4.78, 5) is 12.6. The fourth-order valence-corrected chi connectivity index (χ4v) is 5.22. The number of hydrogen-bond donors (Lipinski definition) is 2. The van der Waals surface area contributed by atoms with Crippen molar-refractivity contribution in [3.8, 4) is 11.5 Å². The van der Waals surface area contributed by atoms with Crippen LogP contribution in [0, 0.1) is 0 Å². The minimum atomic E-state index is -3.71. The highest BCUT2D eigenvalue weighted by Crippen LogP contribution is 2.40. The molecule has 1 heterocycles. The van der Waals surface area contributed by atoms with Gasteiger partial charge in [0.1, 0.15) is 0 Å². The van der Waals surface area contributed by atoms with Crippen LogP contribution in [0.25, 0.3) is 5.57 Å². The van der Waals surface area contributed by atoms with Crippen molar-refractivity contribution in [1.29, 1.82) is 0 Å². The molecule has 2 N–H and O–H groups in total. The lowest BCUT2D eigenvalue weighted by atomic mass is 10.00. The number of ether oxygens (including phenoxy) is 2. The molecule has 7 nitrogen and oxygen atoms in total. The lowest BCUT2D eigenvalue weighted by molar-refractivity contribution is -0.110. The number of rotatable bonds is 7. The van der Waals surface area contributed by atoms with Crippen LogP contribution in [0.5, 0.6) is 11.5 Å². The van der Waals surface area contributed by atoms with Crippen LogP contribution >= 0.6 is 0 Å². The van der Waals surface area contributed by atoms with E-state index in [4.69, 9.17) is 9.47 Å². The van der Waals surface area contributed by atoms with Crippen molar-refractivity contribution in [1.82, 2.24) is 4.72 Å². The molecule has 2 aromatic rings. The second-order valence-electron chi connectivity index (χ2n) is 7.68. The Bertz CT molecular complexity index is 1150. The summed E-state index contributed by atoms with van der Waals surface area (Å²) in [5, 5.41) is 2.85. The lowest BCUT2D eigenvalue weighted by Crippen LogP contribution is -2.26. The zero-order valence-corrected chi connectivity index (χ0v) is 18.5. The van der Waals surface area contributed by atoms with Crippen molar-refractivity contribution in [3.63, 3.8) is 0 Å². The first-order valence-corrected chi connectivity index (χ1v) is 11.8. The molecule has 1 saturated carbocycles. The van der Waals surface area contributed by atoms with E-state index in [0.29, 0.717) is 34.7 Å². The number of nitrogens with one attached hydrogen (secondary N) is 2. The summed E-state index contributed by atoms with van der Waals surface area (Å²) in [5.74, 6) is 1.09. The van der Waals surface area contributed by atoms with Gasteiger partial charge >= 0.3 is 0 Å². The number of benzene rings is 2. The number of sulfonamides is 1. The highest BCUT2D eigenvalue weighted by atomic mass is 32.2. The molecule has 1 aliphatic heterocycles. The van der Waals surface area contributed by atoms with E-state index in [1.165, 1.54) is 6.07 Å². The number of amides is 1. The Morgan fingerprint density at radius 1 is 1.00 bits per heavy atom. The first-order valence-electron chi connectivity index (χ1n) is 10.3. The van der Waals surface area contributed by atoms with Gasteiger partial charge < -0.3 is 14.8 Å². The molecular weight excluding hydrogens is 416 g/mol. The molecule has 0 saturated heterocycles. The van der Waals surface area contributed by atoms with Crippen LogP contribution in [-0.4, -0.2) is 35.1 Å². The summed E-state index contributed by atoms with van der Waals surface area (Å²) in [6, 6.07) is 10.3. The maximum absolute atomic E-state index is 12.9. The lowest BCUT2D eigenvalue weighted by Gasteiger charge is -2.11. The second-order valence-corrected chi connectivity index (χ2v) is 9.45. The largest absolute Gasteiger partial charge is 0.493 e. The summed E-state index contributed by atoms with van der Waals surface area (Å²) >= 11 is 0. The van der Waals surface area contributed by atoms with Crippen molar-refractivity contribution < 1.29 is 22.7 Å². The maximum Gasteiger partial charge on any atom is 0.256 e. The Balaban J connectivity index is 1.50. The SMILES string of the molecule is COc1ccc(CCNS(=O)(=O)c2ccc3c(c2)C(=C2CCCC2)C(=O)N3)cc1OC. The van der Waals surface area contributed by atoms with Crippen molar-refractivity contribution in [3.05, 3.63) is 53.1 Å². The van der Waals surface area contributed by atoms with Crippen molar-refractivity contribution in [2.75, 3.05) is 26.1 Å². The van der Waals surface area contributed by atoms with E-state index in [0.717, 1.165) is 36.8 Å². The maximum atomic E-state index is 12.9.